The number of halogens is 1. The molecule has 0 aliphatic carbocycles. The van der Waals surface area contributed by atoms with Gasteiger partial charge < -0.3 is 9.84 Å². The Morgan fingerprint density at radius 3 is 2.86 bits per heavy atom. The number of carboxylic acid groups (broad SMARTS) is 1. The molecule has 0 fully saturated rings. The number of hydrogen-bond donors (Lipinski definition) is 1. The number of hydrogen-bond acceptors (Lipinski definition) is 2. The number of aliphatic carboxylic acids is 1. The van der Waals surface area contributed by atoms with Crippen LogP contribution in [0, 0.1) is 12.7 Å². The maximum absolute atomic E-state index is 12.7. The van der Waals surface area contributed by atoms with Gasteiger partial charge in [-0.1, -0.05) is 6.07 Å². The maximum Gasteiger partial charge on any atom is 0.329 e. The summed E-state index contributed by atoms with van der Waals surface area (Å²) in [5.74, 6) is -1.31. The molecule has 0 radical (unpaired) electrons. The second kappa shape index (κ2) is 4.72. The van der Waals surface area contributed by atoms with Crippen molar-refractivity contribution < 1.29 is 19.0 Å². The van der Waals surface area contributed by atoms with Crippen LogP contribution in [0.1, 0.15) is 11.1 Å². The number of rotatable bonds is 4. The molecule has 0 bridgehead atoms. The Bertz CT molecular complexity index is 336. The van der Waals surface area contributed by atoms with Crippen LogP contribution in [0.4, 0.5) is 4.39 Å². The van der Waals surface area contributed by atoms with Crippen molar-refractivity contribution >= 4 is 5.97 Å². The Morgan fingerprint density at radius 2 is 2.29 bits per heavy atom. The average Bonchev–Trinajstić information content (AvgIpc) is 2.08. The van der Waals surface area contributed by atoms with Crippen molar-refractivity contribution in [1.29, 1.82) is 0 Å². The quantitative estimate of drug-likeness (QED) is 0.801. The van der Waals surface area contributed by atoms with Gasteiger partial charge in [0, 0.05) is 0 Å². The summed E-state index contributed by atoms with van der Waals surface area (Å²) in [6.45, 7) is 1.61. The number of carbonyl (C=O) groups is 1. The molecule has 0 unspecified atom stereocenters. The third kappa shape index (κ3) is 3.14. The molecule has 0 aliphatic heterocycles. The summed E-state index contributed by atoms with van der Waals surface area (Å²) in [6, 6.07) is 4.30. The second-order valence-electron chi connectivity index (χ2n) is 2.96. The maximum atomic E-state index is 12.7. The molecule has 3 nitrogen and oxygen atoms in total. The lowest BCUT2D eigenvalue weighted by molar-refractivity contribution is -0.142. The zero-order valence-electron chi connectivity index (χ0n) is 7.79. The van der Waals surface area contributed by atoms with E-state index in [9.17, 15) is 9.18 Å². The van der Waals surface area contributed by atoms with Gasteiger partial charge in [-0.15, -0.1) is 0 Å². The predicted octanol–water partition coefficient (Wildman–Crippen LogP) is 1.74. The molecule has 1 N–H and O–H groups in total. The lowest BCUT2D eigenvalue weighted by Crippen LogP contribution is -2.07. The van der Waals surface area contributed by atoms with Crippen molar-refractivity contribution in [3.63, 3.8) is 0 Å². The minimum atomic E-state index is -1.01. The van der Waals surface area contributed by atoms with E-state index < -0.39 is 5.97 Å². The molecule has 0 spiro atoms. The molecular formula is C10H11FO3. The molecule has 0 aliphatic rings. The number of ether oxygens (including phenoxy) is 1. The van der Waals surface area contributed by atoms with Gasteiger partial charge in [-0.3, -0.25) is 0 Å². The molecule has 4 heteroatoms. The third-order valence-corrected chi connectivity index (χ3v) is 1.79. The van der Waals surface area contributed by atoms with Gasteiger partial charge in [0.25, 0.3) is 0 Å². The Balaban J connectivity index is 2.55. The highest BCUT2D eigenvalue weighted by atomic mass is 19.1. The van der Waals surface area contributed by atoms with Crippen molar-refractivity contribution in [3.8, 4) is 0 Å². The van der Waals surface area contributed by atoms with Crippen LogP contribution in [0.25, 0.3) is 0 Å². The first kappa shape index (κ1) is 10.7. The van der Waals surface area contributed by atoms with Crippen LogP contribution in [0.5, 0.6) is 0 Å². The standard InChI is InChI=1S/C10H11FO3/c1-7-4-9(11)3-2-8(7)5-14-6-10(12)13/h2-4H,5-6H2,1H3,(H,12,13). The summed E-state index contributed by atoms with van der Waals surface area (Å²) < 4.78 is 17.5. The summed E-state index contributed by atoms with van der Waals surface area (Å²) in [7, 11) is 0. The van der Waals surface area contributed by atoms with E-state index in [0.717, 1.165) is 11.1 Å². The summed E-state index contributed by atoms with van der Waals surface area (Å²) in [6.07, 6.45) is 0. The van der Waals surface area contributed by atoms with E-state index >= 15 is 0 Å². The fourth-order valence-electron chi connectivity index (χ4n) is 1.07. The van der Waals surface area contributed by atoms with Crippen LogP contribution in [0.15, 0.2) is 18.2 Å². The molecule has 0 heterocycles. The zero-order valence-corrected chi connectivity index (χ0v) is 7.79. The molecule has 14 heavy (non-hydrogen) atoms. The molecule has 0 atom stereocenters. The van der Waals surface area contributed by atoms with Crippen molar-refractivity contribution in [1.82, 2.24) is 0 Å². The molecule has 0 saturated carbocycles. The first-order valence-corrected chi connectivity index (χ1v) is 4.14. The summed E-state index contributed by atoms with van der Waals surface area (Å²) in [4.78, 5) is 10.1. The highest BCUT2D eigenvalue weighted by Gasteiger charge is 2.01. The predicted molar refractivity (Wildman–Crippen MR) is 48.4 cm³/mol. The SMILES string of the molecule is Cc1cc(F)ccc1COCC(=O)O. The Labute approximate surface area is 81.1 Å². The first-order chi connectivity index (χ1) is 6.59. The molecule has 1 rings (SSSR count). The third-order valence-electron chi connectivity index (χ3n) is 1.79. The summed E-state index contributed by atoms with van der Waals surface area (Å²) in [5, 5.41) is 8.32. The van der Waals surface area contributed by atoms with Crippen LogP contribution in [-0.4, -0.2) is 17.7 Å². The van der Waals surface area contributed by atoms with Crippen LogP contribution in [0.2, 0.25) is 0 Å². The van der Waals surface area contributed by atoms with E-state index in [1.54, 1.807) is 13.0 Å². The van der Waals surface area contributed by atoms with Gasteiger partial charge in [0.15, 0.2) is 0 Å². The van der Waals surface area contributed by atoms with Gasteiger partial charge in [0.2, 0.25) is 0 Å². The lowest BCUT2D eigenvalue weighted by atomic mass is 10.1. The fourth-order valence-corrected chi connectivity index (χ4v) is 1.07. The second-order valence-corrected chi connectivity index (χ2v) is 2.96. The van der Waals surface area contributed by atoms with Crippen LogP contribution >= 0.6 is 0 Å². The Hall–Kier alpha value is -1.42. The van der Waals surface area contributed by atoms with Crippen molar-refractivity contribution in [2.45, 2.75) is 13.5 Å². The van der Waals surface area contributed by atoms with Crippen molar-refractivity contribution in [2.75, 3.05) is 6.61 Å². The van der Waals surface area contributed by atoms with Crippen molar-refractivity contribution in [2.24, 2.45) is 0 Å². The molecule has 1 aromatic rings. The van der Waals surface area contributed by atoms with Gasteiger partial charge >= 0.3 is 5.97 Å². The van der Waals surface area contributed by atoms with E-state index in [1.807, 2.05) is 0 Å². The van der Waals surface area contributed by atoms with Crippen LogP contribution < -0.4 is 0 Å². The lowest BCUT2D eigenvalue weighted by Gasteiger charge is -2.05. The number of benzene rings is 1. The molecular weight excluding hydrogens is 187 g/mol. The minimum absolute atomic E-state index is 0.193. The van der Waals surface area contributed by atoms with E-state index in [-0.39, 0.29) is 19.0 Å². The van der Waals surface area contributed by atoms with E-state index in [4.69, 9.17) is 9.84 Å². The normalized spacial score (nSPS) is 10.1. The monoisotopic (exact) mass is 198 g/mol. The number of carboxylic acids is 1. The van der Waals surface area contributed by atoms with Gasteiger partial charge in [0.05, 0.1) is 6.61 Å². The zero-order chi connectivity index (χ0) is 10.6. The largest absolute Gasteiger partial charge is 0.480 e. The minimum Gasteiger partial charge on any atom is -0.480 e. The van der Waals surface area contributed by atoms with E-state index in [0.29, 0.717) is 0 Å². The van der Waals surface area contributed by atoms with Crippen LogP contribution in [-0.2, 0) is 16.1 Å². The summed E-state index contributed by atoms with van der Waals surface area (Å²) in [5.41, 5.74) is 1.56. The highest BCUT2D eigenvalue weighted by molar-refractivity contribution is 5.67. The first-order valence-electron chi connectivity index (χ1n) is 4.14. The molecule has 0 amide bonds. The summed E-state index contributed by atoms with van der Waals surface area (Å²) >= 11 is 0. The topological polar surface area (TPSA) is 46.5 Å². The Morgan fingerprint density at radius 1 is 1.57 bits per heavy atom. The number of aryl methyl sites for hydroxylation is 1. The molecule has 0 aromatic heterocycles. The van der Waals surface area contributed by atoms with E-state index in [1.165, 1.54) is 12.1 Å². The fraction of sp³-hybridized carbons (Fsp3) is 0.300. The van der Waals surface area contributed by atoms with E-state index in [2.05, 4.69) is 0 Å². The average molecular weight is 198 g/mol. The van der Waals surface area contributed by atoms with Crippen LogP contribution in [0.3, 0.4) is 0 Å². The molecule has 0 saturated heterocycles. The molecule has 1 aromatic carbocycles. The van der Waals surface area contributed by atoms with Gasteiger partial charge in [-0.05, 0) is 30.2 Å². The highest BCUT2D eigenvalue weighted by Crippen LogP contribution is 2.10. The van der Waals surface area contributed by atoms with Gasteiger partial charge in [-0.25, -0.2) is 9.18 Å². The Kier molecular flexibility index (Phi) is 3.59. The van der Waals surface area contributed by atoms with Crippen molar-refractivity contribution in [3.05, 3.63) is 35.1 Å². The smallest absolute Gasteiger partial charge is 0.329 e. The van der Waals surface area contributed by atoms with Gasteiger partial charge in [0.1, 0.15) is 12.4 Å². The van der Waals surface area contributed by atoms with Gasteiger partial charge in [-0.2, -0.15) is 0 Å². The molecule has 76 valence electrons.